The normalized spacial score (nSPS) is 15.9. The summed E-state index contributed by atoms with van der Waals surface area (Å²) in [7, 11) is 0. The van der Waals surface area contributed by atoms with Gasteiger partial charge in [-0.1, -0.05) is 42.5 Å². The van der Waals surface area contributed by atoms with Gasteiger partial charge in [-0.2, -0.15) is 0 Å². The van der Waals surface area contributed by atoms with Crippen LogP contribution in [0.15, 0.2) is 72.9 Å². The van der Waals surface area contributed by atoms with Gasteiger partial charge in [0.2, 0.25) is 0 Å². The van der Waals surface area contributed by atoms with Crippen LogP contribution in [-0.2, 0) is 6.54 Å². The molecule has 2 nitrogen and oxygen atoms in total. The molecule has 0 bridgehead atoms. The maximum Gasteiger partial charge on any atom is 0.123 e. The highest BCUT2D eigenvalue weighted by Crippen LogP contribution is 2.29. The van der Waals surface area contributed by atoms with Crippen LogP contribution in [0.25, 0.3) is 11.3 Å². The van der Waals surface area contributed by atoms with Crippen LogP contribution in [0, 0.1) is 5.82 Å². The van der Waals surface area contributed by atoms with Crippen molar-refractivity contribution >= 4 is 0 Å². The minimum atomic E-state index is -0.155. The molecule has 1 fully saturated rings. The van der Waals surface area contributed by atoms with Gasteiger partial charge in [-0.05, 0) is 67.2 Å². The Labute approximate surface area is 154 Å². The number of halogens is 1. The largest absolute Gasteiger partial charge is 0.299 e. The number of pyridine rings is 1. The van der Waals surface area contributed by atoms with Crippen LogP contribution in [0.2, 0.25) is 0 Å². The summed E-state index contributed by atoms with van der Waals surface area (Å²) in [6.45, 7) is 3.11. The second kappa shape index (κ2) is 7.79. The van der Waals surface area contributed by atoms with Gasteiger partial charge in [0.1, 0.15) is 5.82 Å². The van der Waals surface area contributed by atoms with Crippen molar-refractivity contribution in [2.45, 2.75) is 25.3 Å². The minimum absolute atomic E-state index is 0.155. The maximum atomic E-state index is 13.1. The van der Waals surface area contributed by atoms with E-state index in [9.17, 15) is 4.39 Å². The molecule has 3 heteroatoms. The molecular weight excluding hydrogens is 323 g/mol. The first-order valence-electron chi connectivity index (χ1n) is 9.26. The first kappa shape index (κ1) is 16.9. The van der Waals surface area contributed by atoms with Gasteiger partial charge in [-0.3, -0.25) is 9.88 Å². The minimum Gasteiger partial charge on any atom is -0.299 e. The Bertz CT molecular complexity index is 838. The van der Waals surface area contributed by atoms with Gasteiger partial charge < -0.3 is 0 Å². The first-order chi connectivity index (χ1) is 12.8. The Morgan fingerprint density at radius 3 is 2.38 bits per heavy atom. The molecule has 0 aliphatic carbocycles. The van der Waals surface area contributed by atoms with Crippen LogP contribution in [-0.4, -0.2) is 23.0 Å². The van der Waals surface area contributed by atoms with Crippen LogP contribution in [0.1, 0.15) is 29.9 Å². The molecule has 0 N–H and O–H groups in total. The van der Waals surface area contributed by atoms with E-state index in [0.29, 0.717) is 5.92 Å². The van der Waals surface area contributed by atoms with Gasteiger partial charge in [0.05, 0.1) is 5.69 Å². The molecule has 3 aromatic rings. The van der Waals surface area contributed by atoms with E-state index >= 15 is 0 Å². The number of likely N-dealkylation sites (tertiary alicyclic amines) is 1. The number of benzene rings is 2. The van der Waals surface area contributed by atoms with E-state index in [1.807, 2.05) is 36.5 Å². The van der Waals surface area contributed by atoms with Gasteiger partial charge in [0, 0.05) is 18.3 Å². The van der Waals surface area contributed by atoms with E-state index < -0.39 is 0 Å². The highest BCUT2D eigenvalue weighted by atomic mass is 19.1. The zero-order chi connectivity index (χ0) is 17.8. The lowest BCUT2D eigenvalue weighted by Gasteiger charge is -2.32. The molecule has 0 amide bonds. The summed E-state index contributed by atoms with van der Waals surface area (Å²) in [5, 5.41) is 0. The molecule has 132 valence electrons. The maximum absolute atomic E-state index is 13.1. The molecule has 26 heavy (non-hydrogen) atoms. The second-order valence-corrected chi connectivity index (χ2v) is 7.02. The zero-order valence-corrected chi connectivity index (χ0v) is 14.8. The Morgan fingerprint density at radius 1 is 0.923 bits per heavy atom. The summed E-state index contributed by atoms with van der Waals surface area (Å²) in [5.74, 6) is 0.391. The molecule has 0 unspecified atom stereocenters. The van der Waals surface area contributed by atoms with Crippen LogP contribution in [0.4, 0.5) is 4.39 Å². The van der Waals surface area contributed by atoms with E-state index in [1.54, 1.807) is 12.1 Å². The Balaban J connectivity index is 1.38. The van der Waals surface area contributed by atoms with Gasteiger partial charge in [0.15, 0.2) is 0 Å². The van der Waals surface area contributed by atoms with E-state index in [-0.39, 0.29) is 5.82 Å². The van der Waals surface area contributed by atoms with Crippen LogP contribution < -0.4 is 0 Å². The summed E-state index contributed by atoms with van der Waals surface area (Å²) in [4.78, 5) is 7.02. The molecule has 1 aliphatic heterocycles. The number of aromatic nitrogens is 1. The number of rotatable bonds is 4. The summed E-state index contributed by atoms with van der Waals surface area (Å²) in [6.07, 6.45) is 4.16. The number of hydrogen-bond donors (Lipinski definition) is 0. The van der Waals surface area contributed by atoms with E-state index in [0.717, 1.165) is 43.7 Å². The van der Waals surface area contributed by atoms with Gasteiger partial charge in [-0.15, -0.1) is 0 Å². The van der Waals surface area contributed by atoms with Crippen LogP contribution in [0.5, 0.6) is 0 Å². The Kier molecular flexibility index (Phi) is 5.07. The quantitative estimate of drug-likeness (QED) is 0.640. The third kappa shape index (κ3) is 4.00. The van der Waals surface area contributed by atoms with Crippen molar-refractivity contribution in [3.63, 3.8) is 0 Å². The molecule has 4 rings (SSSR count). The monoisotopic (exact) mass is 346 g/mol. The molecule has 0 radical (unpaired) electrons. The molecule has 2 aromatic carbocycles. The van der Waals surface area contributed by atoms with Gasteiger partial charge in [-0.25, -0.2) is 4.39 Å². The van der Waals surface area contributed by atoms with E-state index in [4.69, 9.17) is 0 Å². The molecule has 1 saturated heterocycles. The Hall–Kier alpha value is -2.52. The van der Waals surface area contributed by atoms with Crippen LogP contribution >= 0.6 is 0 Å². The molecule has 2 heterocycles. The van der Waals surface area contributed by atoms with Crippen LogP contribution in [0.3, 0.4) is 0 Å². The lowest BCUT2D eigenvalue weighted by atomic mass is 9.89. The fourth-order valence-electron chi connectivity index (χ4n) is 3.76. The third-order valence-corrected chi connectivity index (χ3v) is 5.23. The van der Waals surface area contributed by atoms with E-state index in [2.05, 4.69) is 34.1 Å². The number of hydrogen-bond acceptors (Lipinski definition) is 2. The summed E-state index contributed by atoms with van der Waals surface area (Å²) in [5.41, 5.74) is 4.76. The van der Waals surface area contributed by atoms with Crippen molar-refractivity contribution in [1.82, 2.24) is 9.88 Å². The highest BCUT2D eigenvalue weighted by Gasteiger charge is 2.20. The molecule has 1 aliphatic rings. The smallest absolute Gasteiger partial charge is 0.123 e. The van der Waals surface area contributed by atoms with Gasteiger partial charge in [0.25, 0.3) is 0 Å². The topological polar surface area (TPSA) is 16.1 Å². The summed E-state index contributed by atoms with van der Waals surface area (Å²) in [6, 6.07) is 21.6. The van der Waals surface area contributed by atoms with Crippen molar-refractivity contribution in [3.05, 3.63) is 89.9 Å². The predicted molar refractivity (Wildman–Crippen MR) is 103 cm³/mol. The summed E-state index contributed by atoms with van der Waals surface area (Å²) >= 11 is 0. The molecular formula is C23H23FN2. The third-order valence-electron chi connectivity index (χ3n) is 5.23. The zero-order valence-electron chi connectivity index (χ0n) is 14.8. The average Bonchev–Trinajstić information content (AvgIpc) is 2.70. The lowest BCUT2D eigenvalue weighted by molar-refractivity contribution is 0.204. The summed E-state index contributed by atoms with van der Waals surface area (Å²) < 4.78 is 13.1. The number of nitrogens with zero attached hydrogens (tertiary/aromatic N) is 2. The fraction of sp³-hybridized carbons (Fsp3) is 0.261. The first-order valence-corrected chi connectivity index (χ1v) is 9.26. The number of piperidine rings is 1. The van der Waals surface area contributed by atoms with Crippen molar-refractivity contribution in [3.8, 4) is 11.3 Å². The average molecular weight is 346 g/mol. The highest BCUT2D eigenvalue weighted by molar-refractivity contribution is 5.59. The molecule has 0 spiro atoms. The standard InChI is InChI=1S/C23H23FN2/c24-22-8-6-19(7-9-22)20-11-14-26(15-12-20)17-18-10-13-25-23(16-18)21-4-2-1-3-5-21/h1-10,13,16,20H,11-12,14-15,17H2. The lowest BCUT2D eigenvalue weighted by Crippen LogP contribution is -2.32. The molecule has 0 atom stereocenters. The SMILES string of the molecule is Fc1ccc(C2CCN(Cc3ccnc(-c4ccccc4)c3)CC2)cc1. The van der Waals surface area contributed by atoms with Crippen molar-refractivity contribution in [2.75, 3.05) is 13.1 Å². The van der Waals surface area contributed by atoms with Crippen molar-refractivity contribution in [2.24, 2.45) is 0 Å². The van der Waals surface area contributed by atoms with Gasteiger partial charge >= 0.3 is 0 Å². The fourth-order valence-corrected chi connectivity index (χ4v) is 3.76. The molecule has 0 saturated carbocycles. The van der Waals surface area contributed by atoms with Crippen molar-refractivity contribution in [1.29, 1.82) is 0 Å². The predicted octanol–water partition coefficient (Wildman–Crippen LogP) is 5.27. The Morgan fingerprint density at radius 2 is 1.65 bits per heavy atom. The van der Waals surface area contributed by atoms with Crippen molar-refractivity contribution < 1.29 is 4.39 Å². The second-order valence-electron chi connectivity index (χ2n) is 7.02. The van der Waals surface area contributed by atoms with E-state index in [1.165, 1.54) is 11.1 Å². The molecule has 1 aromatic heterocycles.